The summed E-state index contributed by atoms with van der Waals surface area (Å²) < 4.78 is 0. The van der Waals surface area contributed by atoms with Gasteiger partial charge in [-0.2, -0.15) is 0 Å². The molecule has 0 amide bonds. The van der Waals surface area contributed by atoms with Gasteiger partial charge in [-0.15, -0.1) is 12.3 Å². The average molecular weight is 326 g/mol. The average Bonchev–Trinajstić information content (AvgIpc) is 2.85. The summed E-state index contributed by atoms with van der Waals surface area (Å²) >= 11 is 0. The summed E-state index contributed by atoms with van der Waals surface area (Å²) in [6.07, 6.45) is 15.5. The van der Waals surface area contributed by atoms with Gasteiger partial charge in [0.2, 0.25) is 0 Å². The van der Waals surface area contributed by atoms with Gasteiger partial charge in [0.1, 0.15) is 0 Å². The van der Waals surface area contributed by atoms with Gasteiger partial charge in [-0.05, 0) is 73.7 Å². The highest BCUT2D eigenvalue weighted by Gasteiger charge is 2.60. The molecule has 0 radical (unpaired) electrons. The van der Waals surface area contributed by atoms with Crippen molar-refractivity contribution in [3.05, 3.63) is 23.8 Å². The topological polar surface area (TPSA) is 40.5 Å². The summed E-state index contributed by atoms with van der Waals surface area (Å²) in [5.74, 6) is 4.76. The minimum atomic E-state index is -0.455. The van der Waals surface area contributed by atoms with Crippen LogP contribution in [-0.4, -0.2) is 22.4 Å². The van der Waals surface area contributed by atoms with Gasteiger partial charge in [0.05, 0.1) is 12.2 Å². The summed E-state index contributed by atoms with van der Waals surface area (Å²) in [4.78, 5) is 0. The van der Waals surface area contributed by atoms with E-state index in [2.05, 4.69) is 25.5 Å². The number of terminal acetylenes is 1. The Bertz CT molecular complexity index is 626. The van der Waals surface area contributed by atoms with E-state index in [-0.39, 0.29) is 16.9 Å². The van der Waals surface area contributed by atoms with Crippen LogP contribution in [0.5, 0.6) is 0 Å². The number of hydrogen-bond donors (Lipinski definition) is 2. The molecule has 0 unspecified atom stereocenters. The lowest BCUT2D eigenvalue weighted by atomic mass is 9.46. The fourth-order valence-electron chi connectivity index (χ4n) is 6.95. The lowest BCUT2D eigenvalue weighted by molar-refractivity contribution is -0.0826. The van der Waals surface area contributed by atoms with E-state index in [1.54, 1.807) is 0 Å². The Labute approximate surface area is 146 Å². The van der Waals surface area contributed by atoms with Crippen LogP contribution < -0.4 is 0 Å². The first-order chi connectivity index (χ1) is 11.4. The fourth-order valence-corrected chi connectivity index (χ4v) is 6.95. The van der Waals surface area contributed by atoms with E-state index < -0.39 is 6.10 Å². The molecular weight excluding hydrogens is 296 g/mol. The van der Waals surface area contributed by atoms with Gasteiger partial charge in [-0.1, -0.05) is 25.2 Å². The highest BCUT2D eigenvalue weighted by Crippen LogP contribution is 2.66. The fraction of sp³-hybridized carbons (Fsp3) is 0.727. The molecule has 130 valence electrons. The van der Waals surface area contributed by atoms with Gasteiger partial charge in [0.15, 0.2) is 0 Å². The first-order valence-electron chi connectivity index (χ1n) is 9.62. The van der Waals surface area contributed by atoms with E-state index in [1.165, 1.54) is 12.0 Å². The molecular formula is C22H30O2. The maximum absolute atomic E-state index is 10.6. The summed E-state index contributed by atoms with van der Waals surface area (Å²) in [5, 5.41) is 21.1. The van der Waals surface area contributed by atoms with Crippen LogP contribution in [0.3, 0.4) is 0 Å². The third kappa shape index (κ3) is 2.04. The van der Waals surface area contributed by atoms with Gasteiger partial charge in [0.25, 0.3) is 0 Å². The summed E-state index contributed by atoms with van der Waals surface area (Å²) in [5.41, 5.74) is 2.36. The Kier molecular flexibility index (Phi) is 3.75. The zero-order chi connectivity index (χ0) is 17.1. The normalized spacial score (nSPS) is 50.3. The molecule has 4 aliphatic carbocycles. The van der Waals surface area contributed by atoms with Crippen molar-refractivity contribution in [2.75, 3.05) is 0 Å². The number of allylic oxidation sites excluding steroid dienone is 1. The standard InChI is InChI=1S/C22H30O2/c1-4-10-22-13-19(23)14(2)12-15(22)5-6-16-17-7-8-20(24)21(17,3)11-9-18(16)22/h1,12,16-20,23-24H,2,5-11,13H2,3H3/t16-,17-,18-,19-,20-,21-,22-/m0/s1. The lowest BCUT2D eigenvalue weighted by Gasteiger charge is -2.59. The molecule has 0 aromatic rings. The molecule has 2 nitrogen and oxygen atoms in total. The van der Waals surface area contributed by atoms with Crippen LogP contribution in [0.1, 0.15) is 58.3 Å². The second kappa shape index (κ2) is 5.48. The number of hydrogen-bond acceptors (Lipinski definition) is 2. The molecule has 4 aliphatic rings. The van der Waals surface area contributed by atoms with Crippen LogP contribution in [0, 0.1) is 40.9 Å². The molecule has 0 heterocycles. The molecule has 3 saturated carbocycles. The van der Waals surface area contributed by atoms with Gasteiger partial charge in [0, 0.05) is 11.8 Å². The van der Waals surface area contributed by atoms with Gasteiger partial charge >= 0.3 is 0 Å². The molecule has 4 rings (SSSR count). The van der Waals surface area contributed by atoms with Crippen molar-refractivity contribution in [2.45, 2.75) is 70.5 Å². The lowest BCUT2D eigenvalue weighted by Crippen LogP contribution is -2.53. The second-order valence-electron chi connectivity index (χ2n) is 9.05. The Hall–Kier alpha value is -1.04. The van der Waals surface area contributed by atoms with Crippen LogP contribution >= 0.6 is 0 Å². The molecule has 0 aromatic heterocycles. The zero-order valence-corrected chi connectivity index (χ0v) is 14.8. The van der Waals surface area contributed by atoms with Crippen LogP contribution in [0.2, 0.25) is 0 Å². The van der Waals surface area contributed by atoms with Crippen molar-refractivity contribution >= 4 is 0 Å². The number of rotatable bonds is 1. The first kappa shape index (κ1) is 16.4. The summed E-state index contributed by atoms with van der Waals surface area (Å²) in [7, 11) is 0. The largest absolute Gasteiger partial charge is 0.393 e. The van der Waals surface area contributed by atoms with Crippen molar-refractivity contribution in [1.82, 2.24) is 0 Å². The quantitative estimate of drug-likeness (QED) is 0.719. The number of fused-ring (bicyclic) bond motifs is 5. The summed E-state index contributed by atoms with van der Waals surface area (Å²) in [6, 6.07) is 0. The predicted octanol–water partition coefficient (Wildman–Crippen LogP) is 3.84. The SMILES string of the molecule is C#CC[C@]12C[C@H](O)C(=C)C=C1CC[C@@H]1[C@@H]2CC[C@]2(C)[C@@H](O)CC[C@@H]12. The van der Waals surface area contributed by atoms with E-state index in [9.17, 15) is 10.2 Å². The van der Waals surface area contributed by atoms with Crippen molar-refractivity contribution in [3.8, 4) is 12.3 Å². The molecule has 0 bridgehead atoms. The molecule has 0 spiro atoms. The van der Waals surface area contributed by atoms with Crippen LogP contribution in [0.15, 0.2) is 23.8 Å². The van der Waals surface area contributed by atoms with Gasteiger partial charge in [-0.3, -0.25) is 0 Å². The zero-order valence-electron chi connectivity index (χ0n) is 14.8. The van der Waals surface area contributed by atoms with E-state index in [4.69, 9.17) is 6.42 Å². The molecule has 0 aliphatic heterocycles. The molecule has 3 fully saturated rings. The van der Waals surface area contributed by atoms with Crippen molar-refractivity contribution in [1.29, 1.82) is 0 Å². The van der Waals surface area contributed by atoms with Crippen LogP contribution in [0.25, 0.3) is 0 Å². The van der Waals surface area contributed by atoms with Gasteiger partial charge in [-0.25, -0.2) is 0 Å². The Morgan fingerprint density at radius 1 is 1.25 bits per heavy atom. The Morgan fingerprint density at radius 2 is 2.04 bits per heavy atom. The third-order valence-electron chi connectivity index (χ3n) is 8.25. The van der Waals surface area contributed by atoms with Crippen molar-refractivity contribution in [3.63, 3.8) is 0 Å². The van der Waals surface area contributed by atoms with E-state index in [0.717, 1.165) is 50.5 Å². The van der Waals surface area contributed by atoms with Crippen molar-refractivity contribution in [2.24, 2.45) is 28.6 Å². The predicted molar refractivity (Wildman–Crippen MR) is 96.0 cm³/mol. The minimum absolute atomic E-state index is 0.0346. The first-order valence-corrected chi connectivity index (χ1v) is 9.62. The van der Waals surface area contributed by atoms with E-state index in [0.29, 0.717) is 17.8 Å². The highest BCUT2D eigenvalue weighted by molar-refractivity contribution is 5.37. The van der Waals surface area contributed by atoms with E-state index in [1.807, 2.05) is 0 Å². The Balaban J connectivity index is 1.75. The molecule has 24 heavy (non-hydrogen) atoms. The molecule has 2 heteroatoms. The highest BCUT2D eigenvalue weighted by atomic mass is 16.3. The smallest absolute Gasteiger partial charge is 0.0793 e. The second-order valence-corrected chi connectivity index (χ2v) is 9.05. The molecule has 0 saturated heterocycles. The maximum Gasteiger partial charge on any atom is 0.0793 e. The number of aliphatic hydroxyl groups is 2. The Morgan fingerprint density at radius 3 is 2.79 bits per heavy atom. The molecule has 0 aromatic carbocycles. The van der Waals surface area contributed by atoms with Crippen molar-refractivity contribution < 1.29 is 10.2 Å². The number of aliphatic hydroxyl groups excluding tert-OH is 2. The third-order valence-corrected chi connectivity index (χ3v) is 8.25. The van der Waals surface area contributed by atoms with Gasteiger partial charge < -0.3 is 10.2 Å². The van der Waals surface area contributed by atoms with Crippen LogP contribution in [-0.2, 0) is 0 Å². The monoisotopic (exact) mass is 326 g/mol. The van der Waals surface area contributed by atoms with Crippen LogP contribution in [0.4, 0.5) is 0 Å². The molecule has 2 N–H and O–H groups in total. The minimum Gasteiger partial charge on any atom is -0.393 e. The molecule has 7 atom stereocenters. The summed E-state index contributed by atoms with van der Waals surface area (Å²) in [6.45, 7) is 6.35. The maximum atomic E-state index is 10.6. The van der Waals surface area contributed by atoms with E-state index >= 15 is 0 Å².